The summed E-state index contributed by atoms with van der Waals surface area (Å²) >= 11 is 0. The second-order valence-corrected chi connectivity index (χ2v) is 5.87. The molecule has 118 valence electrons. The van der Waals surface area contributed by atoms with Gasteiger partial charge in [0.2, 0.25) is 0 Å². The van der Waals surface area contributed by atoms with Crippen LogP contribution in [0.25, 0.3) is 0 Å². The summed E-state index contributed by atoms with van der Waals surface area (Å²) in [5, 5.41) is 13.8. The molecule has 1 aliphatic rings. The molecule has 0 saturated heterocycles. The Hall–Kier alpha value is -1.26. The van der Waals surface area contributed by atoms with E-state index < -0.39 is 5.60 Å². The van der Waals surface area contributed by atoms with E-state index in [2.05, 4.69) is 12.2 Å². The molecular formula is C17H27NO3. The molecule has 1 aliphatic carbocycles. The van der Waals surface area contributed by atoms with E-state index in [0.29, 0.717) is 6.61 Å². The number of hydrogen-bond donors (Lipinski definition) is 2. The van der Waals surface area contributed by atoms with Crippen LogP contribution in [-0.2, 0) is 6.54 Å². The predicted octanol–water partition coefficient (Wildman–Crippen LogP) is 2.88. The van der Waals surface area contributed by atoms with E-state index in [1.165, 1.54) is 0 Å². The SMILES string of the molecule is CCCNCc1ccc(OC)cc1OCC1(O)CCCC1. The molecule has 1 aromatic carbocycles. The molecule has 0 atom stereocenters. The molecule has 0 heterocycles. The molecule has 0 aliphatic heterocycles. The van der Waals surface area contributed by atoms with Crippen molar-refractivity contribution in [3.63, 3.8) is 0 Å². The van der Waals surface area contributed by atoms with Gasteiger partial charge in [0.05, 0.1) is 12.7 Å². The molecule has 0 aromatic heterocycles. The van der Waals surface area contributed by atoms with E-state index >= 15 is 0 Å². The summed E-state index contributed by atoms with van der Waals surface area (Å²) in [7, 11) is 1.65. The van der Waals surface area contributed by atoms with Gasteiger partial charge in [-0.15, -0.1) is 0 Å². The fourth-order valence-corrected chi connectivity index (χ4v) is 2.73. The van der Waals surface area contributed by atoms with Crippen LogP contribution >= 0.6 is 0 Å². The van der Waals surface area contributed by atoms with Crippen molar-refractivity contribution in [1.29, 1.82) is 0 Å². The third kappa shape index (κ3) is 4.61. The van der Waals surface area contributed by atoms with Crippen molar-refractivity contribution < 1.29 is 14.6 Å². The highest BCUT2D eigenvalue weighted by Crippen LogP contribution is 2.32. The maximum absolute atomic E-state index is 10.4. The average Bonchev–Trinajstić information content (AvgIpc) is 2.93. The minimum Gasteiger partial charge on any atom is -0.497 e. The largest absolute Gasteiger partial charge is 0.497 e. The van der Waals surface area contributed by atoms with E-state index in [0.717, 1.165) is 62.3 Å². The van der Waals surface area contributed by atoms with Gasteiger partial charge in [-0.25, -0.2) is 0 Å². The lowest BCUT2D eigenvalue weighted by molar-refractivity contribution is 0.00105. The highest BCUT2D eigenvalue weighted by Gasteiger charge is 2.32. The number of methoxy groups -OCH3 is 1. The van der Waals surface area contributed by atoms with Gasteiger partial charge in [0.15, 0.2) is 0 Å². The van der Waals surface area contributed by atoms with Gasteiger partial charge in [-0.2, -0.15) is 0 Å². The van der Waals surface area contributed by atoms with Gasteiger partial charge in [-0.1, -0.05) is 25.8 Å². The minimum absolute atomic E-state index is 0.362. The molecule has 1 aromatic rings. The van der Waals surface area contributed by atoms with Crippen molar-refractivity contribution in [3.8, 4) is 11.5 Å². The molecule has 2 rings (SSSR count). The van der Waals surface area contributed by atoms with Crippen molar-refractivity contribution in [2.24, 2.45) is 0 Å². The Kier molecular flexibility index (Phi) is 5.88. The molecule has 2 N–H and O–H groups in total. The van der Waals surface area contributed by atoms with Crippen LogP contribution in [0.3, 0.4) is 0 Å². The smallest absolute Gasteiger partial charge is 0.127 e. The molecule has 0 amide bonds. The Bertz CT molecular complexity index is 442. The van der Waals surface area contributed by atoms with Gasteiger partial charge >= 0.3 is 0 Å². The average molecular weight is 293 g/mol. The maximum Gasteiger partial charge on any atom is 0.127 e. The molecule has 4 nitrogen and oxygen atoms in total. The number of hydrogen-bond acceptors (Lipinski definition) is 4. The van der Waals surface area contributed by atoms with Crippen molar-refractivity contribution >= 4 is 0 Å². The van der Waals surface area contributed by atoms with Crippen molar-refractivity contribution in [1.82, 2.24) is 5.32 Å². The van der Waals surface area contributed by atoms with Gasteiger partial charge in [-0.05, 0) is 31.9 Å². The molecule has 0 spiro atoms. The van der Waals surface area contributed by atoms with Gasteiger partial charge in [0, 0.05) is 18.2 Å². The van der Waals surface area contributed by atoms with E-state index in [4.69, 9.17) is 9.47 Å². The van der Waals surface area contributed by atoms with Crippen LogP contribution in [0.2, 0.25) is 0 Å². The first-order valence-electron chi connectivity index (χ1n) is 7.90. The quantitative estimate of drug-likeness (QED) is 0.724. The summed E-state index contributed by atoms with van der Waals surface area (Å²) in [5.41, 5.74) is 0.447. The summed E-state index contributed by atoms with van der Waals surface area (Å²) in [4.78, 5) is 0. The van der Waals surface area contributed by atoms with E-state index in [1.54, 1.807) is 7.11 Å². The molecule has 0 unspecified atom stereocenters. The van der Waals surface area contributed by atoms with Gasteiger partial charge in [0.25, 0.3) is 0 Å². The maximum atomic E-state index is 10.4. The van der Waals surface area contributed by atoms with Crippen LogP contribution < -0.4 is 14.8 Å². The van der Waals surface area contributed by atoms with Crippen molar-refractivity contribution in [2.45, 2.75) is 51.2 Å². The zero-order valence-corrected chi connectivity index (χ0v) is 13.2. The molecular weight excluding hydrogens is 266 g/mol. The van der Waals surface area contributed by atoms with E-state index in [-0.39, 0.29) is 0 Å². The minimum atomic E-state index is -0.656. The third-order valence-corrected chi connectivity index (χ3v) is 4.05. The van der Waals surface area contributed by atoms with Gasteiger partial charge in [0.1, 0.15) is 18.1 Å². The lowest BCUT2D eigenvalue weighted by Gasteiger charge is -2.23. The highest BCUT2D eigenvalue weighted by atomic mass is 16.5. The van der Waals surface area contributed by atoms with Crippen LogP contribution in [0.1, 0.15) is 44.6 Å². The van der Waals surface area contributed by atoms with Crippen LogP contribution in [0, 0.1) is 0 Å². The fourth-order valence-electron chi connectivity index (χ4n) is 2.73. The summed E-state index contributed by atoms with van der Waals surface area (Å²) in [6.45, 7) is 4.26. The molecule has 0 radical (unpaired) electrons. The first kappa shape index (κ1) is 16.1. The lowest BCUT2D eigenvalue weighted by Crippen LogP contribution is -2.32. The molecule has 1 fully saturated rings. The molecule has 21 heavy (non-hydrogen) atoms. The Balaban J connectivity index is 2.03. The molecule has 0 bridgehead atoms. The number of rotatable bonds is 8. The summed E-state index contributed by atoms with van der Waals surface area (Å²) in [5.74, 6) is 1.58. The zero-order valence-electron chi connectivity index (χ0n) is 13.2. The predicted molar refractivity (Wildman–Crippen MR) is 83.9 cm³/mol. The number of ether oxygens (including phenoxy) is 2. The summed E-state index contributed by atoms with van der Waals surface area (Å²) in [6, 6.07) is 5.87. The van der Waals surface area contributed by atoms with Crippen LogP contribution in [-0.4, -0.2) is 31.0 Å². The number of nitrogens with one attached hydrogen (secondary N) is 1. The van der Waals surface area contributed by atoms with Gasteiger partial charge in [-0.3, -0.25) is 0 Å². The van der Waals surface area contributed by atoms with E-state index in [9.17, 15) is 5.11 Å². The van der Waals surface area contributed by atoms with Gasteiger partial charge < -0.3 is 19.9 Å². The lowest BCUT2D eigenvalue weighted by atomic mass is 10.0. The van der Waals surface area contributed by atoms with Crippen LogP contribution in [0.5, 0.6) is 11.5 Å². The normalized spacial score (nSPS) is 16.9. The third-order valence-electron chi connectivity index (χ3n) is 4.05. The Labute approximate surface area is 127 Å². The van der Waals surface area contributed by atoms with Crippen LogP contribution in [0.15, 0.2) is 18.2 Å². The Morgan fingerprint density at radius 2 is 2.05 bits per heavy atom. The zero-order chi connectivity index (χ0) is 15.1. The first-order valence-corrected chi connectivity index (χ1v) is 7.90. The fraction of sp³-hybridized carbons (Fsp3) is 0.647. The molecule has 1 saturated carbocycles. The van der Waals surface area contributed by atoms with Crippen LogP contribution in [0.4, 0.5) is 0 Å². The Morgan fingerprint density at radius 1 is 1.29 bits per heavy atom. The number of aliphatic hydroxyl groups is 1. The standard InChI is InChI=1S/C17H27NO3/c1-3-10-18-12-14-6-7-15(20-2)11-16(14)21-13-17(19)8-4-5-9-17/h6-7,11,18-19H,3-5,8-10,12-13H2,1-2H3. The summed E-state index contributed by atoms with van der Waals surface area (Å²) in [6.07, 6.45) is 4.94. The van der Waals surface area contributed by atoms with E-state index in [1.807, 2.05) is 18.2 Å². The second-order valence-electron chi connectivity index (χ2n) is 5.87. The second kappa shape index (κ2) is 7.66. The molecule has 4 heteroatoms. The highest BCUT2D eigenvalue weighted by molar-refractivity contribution is 5.40. The topological polar surface area (TPSA) is 50.7 Å². The van der Waals surface area contributed by atoms with Crippen molar-refractivity contribution in [2.75, 3.05) is 20.3 Å². The van der Waals surface area contributed by atoms with Crippen molar-refractivity contribution in [3.05, 3.63) is 23.8 Å². The summed E-state index contributed by atoms with van der Waals surface area (Å²) < 4.78 is 11.2. The Morgan fingerprint density at radius 3 is 2.71 bits per heavy atom. The number of benzene rings is 1. The monoisotopic (exact) mass is 293 g/mol. The first-order chi connectivity index (χ1) is 10.2.